The summed E-state index contributed by atoms with van der Waals surface area (Å²) in [5, 5.41) is 0. The van der Waals surface area contributed by atoms with Crippen molar-refractivity contribution in [2.24, 2.45) is 5.92 Å². The predicted molar refractivity (Wildman–Crippen MR) is 52.6 cm³/mol. The Hall–Kier alpha value is 0. The highest BCUT2D eigenvalue weighted by atomic mass is 14.5. The second-order valence-electron chi connectivity index (χ2n) is 3.82. The van der Waals surface area contributed by atoms with Crippen LogP contribution in [0.2, 0.25) is 0 Å². The second-order valence-corrected chi connectivity index (χ2v) is 3.82. The van der Waals surface area contributed by atoms with Gasteiger partial charge >= 0.3 is 0 Å². The molecule has 1 atom stereocenters. The van der Waals surface area contributed by atoms with Crippen LogP contribution >= 0.6 is 0 Å². The van der Waals surface area contributed by atoms with Crippen molar-refractivity contribution in [3.8, 4) is 0 Å². The van der Waals surface area contributed by atoms with Crippen LogP contribution in [0.4, 0.5) is 0 Å². The van der Waals surface area contributed by atoms with Gasteiger partial charge in [0.25, 0.3) is 0 Å². The van der Waals surface area contributed by atoms with Gasteiger partial charge in [0, 0.05) is 0 Å². The SMILES string of the molecule is [CH]1[CH][CH][C](C2CC[C]3[CH][CH][CH][C]32)[CH]1. The molecule has 0 nitrogen and oxygen atoms in total. The Kier molecular flexibility index (Phi) is 2.11. The Morgan fingerprint density at radius 1 is 0.923 bits per heavy atom. The van der Waals surface area contributed by atoms with Crippen LogP contribution in [0.15, 0.2) is 0 Å². The fraction of sp³-hybridized carbons (Fsp3) is 0.231. The molecule has 0 aromatic carbocycles. The maximum atomic E-state index is 2.28. The van der Waals surface area contributed by atoms with E-state index in [1.807, 2.05) is 0 Å². The molecule has 3 saturated carbocycles. The monoisotopic (exact) mass is 168 g/mol. The Morgan fingerprint density at radius 3 is 2.62 bits per heavy atom. The molecule has 0 heteroatoms. The molecule has 0 heterocycles. The fourth-order valence-electron chi connectivity index (χ4n) is 2.46. The summed E-state index contributed by atoms with van der Waals surface area (Å²) in [6.07, 6.45) is 18.0. The first-order valence-electron chi connectivity index (χ1n) is 4.91. The van der Waals surface area contributed by atoms with Crippen molar-refractivity contribution in [3.63, 3.8) is 0 Å². The predicted octanol–water partition coefficient (Wildman–Crippen LogP) is 2.58. The van der Waals surface area contributed by atoms with Crippen LogP contribution in [0.1, 0.15) is 12.8 Å². The summed E-state index contributed by atoms with van der Waals surface area (Å²) < 4.78 is 0. The van der Waals surface area contributed by atoms with Gasteiger partial charge < -0.3 is 0 Å². The van der Waals surface area contributed by atoms with E-state index in [1.54, 1.807) is 11.8 Å². The van der Waals surface area contributed by atoms with Gasteiger partial charge in [-0.3, -0.25) is 0 Å². The normalized spacial score (nSPS) is 37.4. The summed E-state index contributed by atoms with van der Waals surface area (Å²) in [5.41, 5.74) is 0. The molecule has 0 aromatic rings. The molecule has 10 radical (unpaired) electrons. The number of rotatable bonds is 1. The minimum absolute atomic E-state index is 0.681. The van der Waals surface area contributed by atoms with Gasteiger partial charge in [-0.2, -0.15) is 0 Å². The molecule has 3 fully saturated rings. The van der Waals surface area contributed by atoms with E-state index in [0.29, 0.717) is 5.92 Å². The smallest absolute Gasteiger partial charge is 0.00966 e. The fourth-order valence-corrected chi connectivity index (χ4v) is 2.46. The van der Waals surface area contributed by atoms with Crippen LogP contribution in [0, 0.1) is 68.6 Å². The van der Waals surface area contributed by atoms with Crippen LogP contribution < -0.4 is 0 Å². The van der Waals surface area contributed by atoms with Crippen molar-refractivity contribution in [1.82, 2.24) is 0 Å². The third kappa shape index (κ3) is 1.33. The molecule has 13 heavy (non-hydrogen) atoms. The summed E-state index contributed by atoms with van der Waals surface area (Å²) in [6, 6.07) is 0. The van der Waals surface area contributed by atoms with Gasteiger partial charge in [-0.1, -0.05) is 0 Å². The molecule has 0 saturated heterocycles. The number of fused-ring (bicyclic) bond motifs is 1. The quantitative estimate of drug-likeness (QED) is 0.564. The highest BCUT2D eigenvalue weighted by Gasteiger charge is 2.44. The van der Waals surface area contributed by atoms with E-state index in [-0.39, 0.29) is 0 Å². The lowest BCUT2D eigenvalue weighted by molar-refractivity contribution is 0.640. The Balaban J connectivity index is 1.70. The van der Waals surface area contributed by atoms with Crippen LogP contribution in [0.5, 0.6) is 0 Å². The maximum absolute atomic E-state index is 2.28. The highest BCUT2D eigenvalue weighted by molar-refractivity contribution is 5.53. The molecular formula is C13H12. The first-order valence-corrected chi connectivity index (χ1v) is 4.91. The molecule has 1 unspecified atom stereocenters. The van der Waals surface area contributed by atoms with E-state index in [0.717, 1.165) is 0 Å². The zero-order chi connectivity index (χ0) is 8.67. The lowest BCUT2D eigenvalue weighted by Gasteiger charge is -2.22. The molecule has 3 rings (SSSR count). The lowest BCUT2D eigenvalue weighted by Crippen LogP contribution is -2.14. The van der Waals surface area contributed by atoms with Crippen LogP contribution in [0.3, 0.4) is 0 Å². The van der Waals surface area contributed by atoms with Crippen molar-refractivity contribution >= 4 is 0 Å². The van der Waals surface area contributed by atoms with Gasteiger partial charge in [-0.15, -0.1) is 0 Å². The van der Waals surface area contributed by atoms with Gasteiger partial charge in [-0.05, 0) is 81.5 Å². The summed E-state index contributed by atoms with van der Waals surface area (Å²) in [4.78, 5) is 0. The number of hydrogen-bond donors (Lipinski definition) is 0. The Bertz CT molecular complexity index is 178. The first-order chi connectivity index (χ1) is 6.45. The summed E-state index contributed by atoms with van der Waals surface area (Å²) in [5.74, 6) is 5.29. The second kappa shape index (κ2) is 3.29. The van der Waals surface area contributed by atoms with Crippen molar-refractivity contribution < 1.29 is 0 Å². The van der Waals surface area contributed by atoms with Crippen LogP contribution in [-0.2, 0) is 0 Å². The molecule has 0 N–H and O–H groups in total. The van der Waals surface area contributed by atoms with Crippen LogP contribution in [-0.4, -0.2) is 0 Å². The Labute approximate surface area is 82.1 Å². The highest BCUT2D eigenvalue weighted by Crippen LogP contribution is 2.54. The molecule has 0 spiro atoms. The van der Waals surface area contributed by atoms with E-state index < -0.39 is 0 Å². The summed E-state index contributed by atoms with van der Waals surface area (Å²) in [6.45, 7) is 0. The van der Waals surface area contributed by atoms with Gasteiger partial charge in [0.05, 0.1) is 0 Å². The molecule has 3 aliphatic carbocycles. The Morgan fingerprint density at radius 2 is 1.77 bits per heavy atom. The van der Waals surface area contributed by atoms with Crippen LogP contribution in [0.25, 0.3) is 0 Å². The molecule has 0 aromatic heterocycles. The lowest BCUT2D eigenvalue weighted by atomic mass is 9.81. The van der Waals surface area contributed by atoms with Crippen molar-refractivity contribution in [1.29, 1.82) is 0 Å². The molecular weight excluding hydrogens is 156 g/mol. The van der Waals surface area contributed by atoms with E-state index in [9.17, 15) is 0 Å². The minimum Gasteiger partial charge on any atom is -0.0487 e. The van der Waals surface area contributed by atoms with Gasteiger partial charge in [0.15, 0.2) is 0 Å². The number of hydrogen-bond acceptors (Lipinski definition) is 0. The van der Waals surface area contributed by atoms with Crippen molar-refractivity contribution in [2.45, 2.75) is 12.8 Å². The molecule has 0 amide bonds. The van der Waals surface area contributed by atoms with Gasteiger partial charge in [-0.25, -0.2) is 0 Å². The largest absolute Gasteiger partial charge is 0.0487 e. The average Bonchev–Trinajstić information content (AvgIpc) is 2.79. The van der Waals surface area contributed by atoms with Gasteiger partial charge in [0.1, 0.15) is 0 Å². The topological polar surface area (TPSA) is 0 Å². The van der Waals surface area contributed by atoms with Gasteiger partial charge in [0.2, 0.25) is 0 Å². The van der Waals surface area contributed by atoms with Crippen molar-refractivity contribution in [2.75, 3.05) is 0 Å². The minimum atomic E-state index is 0.681. The van der Waals surface area contributed by atoms with Crippen molar-refractivity contribution in [3.05, 3.63) is 62.7 Å². The zero-order valence-corrected chi connectivity index (χ0v) is 7.53. The average molecular weight is 168 g/mol. The zero-order valence-electron chi connectivity index (χ0n) is 7.53. The molecule has 64 valence electrons. The molecule has 0 bridgehead atoms. The van der Waals surface area contributed by atoms with E-state index in [1.165, 1.54) is 18.8 Å². The third-order valence-electron chi connectivity index (χ3n) is 3.11. The summed E-state index contributed by atoms with van der Waals surface area (Å²) >= 11 is 0. The standard InChI is InChI=1S/C13H12/c1-2-5-10(4-1)13-9-8-11-6-3-7-12(11)13/h1-7,13H,8-9H2. The first kappa shape index (κ1) is 8.32. The summed E-state index contributed by atoms with van der Waals surface area (Å²) in [7, 11) is 0. The van der Waals surface area contributed by atoms with E-state index in [4.69, 9.17) is 0 Å². The third-order valence-corrected chi connectivity index (χ3v) is 3.11. The van der Waals surface area contributed by atoms with E-state index >= 15 is 0 Å². The van der Waals surface area contributed by atoms with E-state index in [2.05, 4.69) is 44.9 Å². The molecule has 0 aliphatic heterocycles. The molecule has 3 aliphatic rings. The maximum Gasteiger partial charge on any atom is -0.00966 e.